The first kappa shape index (κ1) is 18.7. The molecule has 0 saturated heterocycles. The number of methoxy groups -OCH3 is 1. The molecule has 0 N–H and O–H groups in total. The molecule has 2 aromatic carbocycles. The van der Waals surface area contributed by atoms with Crippen molar-refractivity contribution in [2.24, 2.45) is 0 Å². The molecule has 10 heteroatoms. The molecule has 0 bridgehead atoms. The summed E-state index contributed by atoms with van der Waals surface area (Å²) in [6.07, 6.45) is -2.86. The summed E-state index contributed by atoms with van der Waals surface area (Å²) in [5, 5.41) is 11.6. The molecule has 2 heterocycles. The topological polar surface area (TPSA) is 78.9 Å². The van der Waals surface area contributed by atoms with Gasteiger partial charge in [0.15, 0.2) is 0 Å². The maximum absolute atomic E-state index is 12.6. The molecule has 0 atom stereocenters. The minimum Gasteiger partial charge on any atom is -0.497 e. The predicted molar refractivity (Wildman–Crippen MR) is 95.8 cm³/mol. The van der Waals surface area contributed by atoms with Crippen LogP contribution in [0.3, 0.4) is 0 Å². The van der Waals surface area contributed by atoms with Gasteiger partial charge in [-0.15, -0.1) is 5.10 Å². The summed E-state index contributed by atoms with van der Waals surface area (Å²) in [4.78, 5) is 3.38. The van der Waals surface area contributed by atoms with Gasteiger partial charge >= 0.3 is 12.1 Å². The van der Waals surface area contributed by atoms with Crippen LogP contribution < -0.4 is 4.74 Å². The molecular weight excluding hydrogens is 387 g/mol. The van der Waals surface area contributed by atoms with Crippen LogP contribution in [0.4, 0.5) is 13.2 Å². The maximum Gasteiger partial charge on any atom is 0.471 e. The highest BCUT2D eigenvalue weighted by Crippen LogP contribution is 2.29. The number of hydrogen-bond acceptors (Lipinski definition) is 6. The summed E-state index contributed by atoms with van der Waals surface area (Å²) in [6, 6.07) is 14.2. The Hall–Kier alpha value is -3.69. The van der Waals surface area contributed by atoms with Crippen molar-refractivity contribution < 1.29 is 22.4 Å². The van der Waals surface area contributed by atoms with E-state index in [1.807, 2.05) is 30.5 Å². The fourth-order valence-corrected chi connectivity index (χ4v) is 2.67. The predicted octanol–water partition coefficient (Wildman–Crippen LogP) is 4.07. The van der Waals surface area contributed by atoms with Crippen LogP contribution in [-0.2, 0) is 12.7 Å². The molecule has 29 heavy (non-hydrogen) atoms. The highest BCUT2D eigenvalue weighted by Gasteiger charge is 2.38. The molecule has 7 nitrogen and oxygen atoms in total. The SMILES string of the molecule is COc1ccc(-c2cn(Cc3ccc(-c4noc(C(F)(F)F)n4)cc3)nn2)cc1. The molecule has 2 aromatic heterocycles. The Morgan fingerprint density at radius 3 is 2.31 bits per heavy atom. The Labute approximate surface area is 162 Å². The number of rotatable bonds is 5. The first-order chi connectivity index (χ1) is 13.9. The zero-order valence-electron chi connectivity index (χ0n) is 15.1. The normalized spacial score (nSPS) is 11.6. The van der Waals surface area contributed by atoms with Crippen molar-refractivity contribution in [1.29, 1.82) is 0 Å². The van der Waals surface area contributed by atoms with Gasteiger partial charge in [0, 0.05) is 11.1 Å². The third kappa shape index (κ3) is 4.10. The van der Waals surface area contributed by atoms with Crippen LogP contribution in [0.15, 0.2) is 59.3 Å². The van der Waals surface area contributed by atoms with Crippen molar-refractivity contribution in [3.63, 3.8) is 0 Å². The van der Waals surface area contributed by atoms with E-state index < -0.39 is 12.1 Å². The van der Waals surface area contributed by atoms with Crippen molar-refractivity contribution in [3.8, 4) is 28.4 Å². The number of nitrogens with zero attached hydrogens (tertiary/aromatic N) is 5. The molecule has 0 unspecified atom stereocenters. The maximum atomic E-state index is 12.6. The van der Waals surface area contributed by atoms with Crippen LogP contribution in [-0.4, -0.2) is 32.2 Å². The van der Waals surface area contributed by atoms with E-state index in [2.05, 4.69) is 25.0 Å². The van der Waals surface area contributed by atoms with E-state index in [0.29, 0.717) is 12.1 Å². The molecule has 0 aliphatic heterocycles. The Morgan fingerprint density at radius 2 is 1.69 bits per heavy atom. The number of hydrogen-bond donors (Lipinski definition) is 0. The molecule has 0 aliphatic carbocycles. The third-order valence-electron chi connectivity index (χ3n) is 4.15. The highest BCUT2D eigenvalue weighted by atomic mass is 19.4. The quantitative estimate of drug-likeness (QED) is 0.502. The summed E-state index contributed by atoms with van der Waals surface area (Å²) < 4.78 is 48.8. The van der Waals surface area contributed by atoms with Crippen LogP contribution in [0.5, 0.6) is 5.75 Å². The van der Waals surface area contributed by atoms with Gasteiger partial charge in [0.05, 0.1) is 19.9 Å². The van der Waals surface area contributed by atoms with E-state index in [9.17, 15) is 13.2 Å². The second-order valence-corrected chi connectivity index (χ2v) is 6.15. The molecule has 0 amide bonds. The first-order valence-electron chi connectivity index (χ1n) is 8.47. The highest BCUT2D eigenvalue weighted by molar-refractivity contribution is 5.59. The first-order valence-corrected chi connectivity index (χ1v) is 8.47. The number of alkyl halides is 3. The van der Waals surface area contributed by atoms with Crippen LogP contribution in [0, 0.1) is 0 Å². The monoisotopic (exact) mass is 401 g/mol. The Balaban J connectivity index is 1.46. The van der Waals surface area contributed by atoms with Crippen LogP contribution in [0.2, 0.25) is 0 Å². The zero-order chi connectivity index (χ0) is 20.4. The summed E-state index contributed by atoms with van der Waals surface area (Å²) in [5.41, 5.74) is 2.94. The van der Waals surface area contributed by atoms with Gasteiger partial charge in [-0.1, -0.05) is 34.6 Å². The van der Waals surface area contributed by atoms with Crippen LogP contribution in [0.1, 0.15) is 11.5 Å². The average molecular weight is 401 g/mol. The molecule has 148 valence electrons. The van der Waals surface area contributed by atoms with Crippen molar-refractivity contribution in [3.05, 3.63) is 66.2 Å². The minimum atomic E-state index is -4.67. The van der Waals surface area contributed by atoms with Gasteiger partial charge in [0.1, 0.15) is 11.4 Å². The smallest absolute Gasteiger partial charge is 0.471 e. The lowest BCUT2D eigenvalue weighted by atomic mass is 10.1. The van der Waals surface area contributed by atoms with E-state index in [0.717, 1.165) is 22.6 Å². The van der Waals surface area contributed by atoms with Crippen LogP contribution in [0.25, 0.3) is 22.6 Å². The molecule has 4 rings (SSSR count). The number of ether oxygens (including phenoxy) is 1. The number of aromatic nitrogens is 5. The largest absolute Gasteiger partial charge is 0.497 e. The van der Waals surface area contributed by atoms with E-state index in [-0.39, 0.29) is 5.82 Å². The molecular formula is C19H14F3N5O2. The Kier molecular flexibility index (Phi) is 4.75. The molecule has 0 aliphatic rings. The zero-order valence-corrected chi connectivity index (χ0v) is 15.1. The van der Waals surface area contributed by atoms with Gasteiger partial charge in [-0.05, 0) is 29.8 Å². The molecule has 0 fully saturated rings. The minimum absolute atomic E-state index is 0.119. The molecule has 0 spiro atoms. The fraction of sp³-hybridized carbons (Fsp3) is 0.158. The van der Waals surface area contributed by atoms with E-state index >= 15 is 0 Å². The summed E-state index contributed by atoms with van der Waals surface area (Å²) >= 11 is 0. The van der Waals surface area contributed by atoms with Gasteiger partial charge in [0.2, 0.25) is 5.82 Å². The lowest BCUT2D eigenvalue weighted by Crippen LogP contribution is -2.04. The summed E-state index contributed by atoms with van der Waals surface area (Å²) in [5.74, 6) is -0.734. The van der Waals surface area contributed by atoms with Crippen molar-refractivity contribution in [1.82, 2.24) is 25.1 Å². The number of halogens is 3. The van der Waals surface area contributed by atoms with Crippen molar-refractivity contribution in [2.45, 2.75) is 12.7 Å². The fourth-order valence-electron chi connectivity index (χ4n) is 2.67. The van der Waals surface area contributed by atoms with E-state index in [4.69, 9.17) is 4.74 Å². The second kappa shape index (κ2) is 7.38. The molecule has 4 aromatic rings. The Morgan fingerprint density at radius 1 is 1.00 bits per heavy atom. The molecule has 0 saturated carbocycles. The lowest BCUT2D eigenvalue weighted by Gasteiger charge is -2.02. The third-order valence-corrected chi connectivity index (χ3v) is 4.15. The summed E-state index contributed by atoms with van der Waals surface area (Å²) in [6.45, 7) is 0.448. The lowest BCUT2D eigenvalue weighted by molar-refractivity contribution is -0.159. The van der Waals surface area contributed by atoms with Gasteiger partial charge < -0.3 is 9.26 Å². The van der Waals surface area contributed by atoms with Crippen molar-refractivity contribution >= 4 is 0 Å². The Bertz CT molecular complexity index is 1100. The van der Waals surface area contributed by atoms with E-state index in [1.165, 1.54) is 0 Å². The van der Waals surface area contributed by atoms with Gasteiger partial charge in [-0.2, -0.15) is 18.2 Å². The summed E-state index contributed by atoms with van der Waals surface area (Å²) in [7, 11) is 1.60. The molecule has 0 radical (unpaired) electrons. The van der Waals surface area contributed by atoms with Gasteiger partial charge in [-0.3, -0.25) is 0 Å². The number of benzene rings is 2. The van der Waals surface area contributed by atoms with Gasteiger partial charge in [0.25, 0.3) is 0 Å². The second-order valence-electron chi connectivity index (χ2n) is 6.15. The van der Waals surface area contributed by atoms with E-state index in [1.54, 1.807) is 36.1 Å². The van der Waals surface area contributed by atoms with Crippen molar-refractivity contribution in [2.75, 3.05) is 7.11 Å². The standard InChI is InChI=1S/C19H14F3N5O2/c1-28-15-8-6-13(7-9-15)16-11-27(26-24-16)10-12-2-4-14(5-3-12)17-23-18(29-25-17)19(20,21)22/h2-9,11H,10H2,1H3. The van der Waals surface area contributed by atoms with Gasteiger partial charge in [-0.25, -0.2) is 4.68 Å². The average Bonchev–Trinajstić information content (AvgIpc) is 3.38. The van der Waals surface area contributed by atoms with Crippen LogP contribution >= 0.6 is 0 Å².